The molecule has 1 saturated heterocycles. The summed E-state index contributed by atoms with van der Waals surface area (Å²) in [7, 11) is 0. The highest BCUT2D eigenvalue weighted by Gasteiger charge is 2.36. The van der Waals surface area contributed by atoms with E-state index in [-0.39, 0.29) is 5.54 Å². The molecule has 1 aliphatic heterocycles. The highest BCUT2D eigenvalue weighted by atomic mass is 15.3. The number of nitrogens with zero attached hydrogens (tertiary/aromatic N) is 2. The molecule has 1 aliphatic rings. The largest absolute Gasteiger partial charge is 0.309 e. The summed E-state index contributed by atoms with van der Waals surface area (Å²) in [6.07, 6.45) is 1.89. The van der Waals surface area contributed by atoms with E-state index >= 15 is 0 Å². The predicted molar refractivity (Wildman–Crippen MR) is 80.1 cm³/mol. The van der Waals surface area contributed by atoms with Gasteiger partial charge in [-0.2, -0.15) is 0 Å². The van der Waals surface area contributed by atoms with Gasteiger partial charge >= 0.3 is 0 Å². The molecule has 0 aromatic carbocycles. The van der Waals surface area contributed by atoms with E-state index in [4.69, 9.17) is 0 Å². The molecule has 3 heteroatoms. The topological polar surface area (TPSA) is 28.2 Å². The second-order valence-corrected chi connectivity index (χ2v) is 6.68. The molecule has 0 bridgehead atoms. The molecule has 2 heterocycles. The van der Waals surface area contributed by atoms with E-state index in [9.17, 15) is 0 Å². The average Bonchev–Trinajstić information content (AvgIpc) is 2.37. The van der Waals surface area contributed by atoms with Crippen molar-refractivity contribution in [2.24, 2.45) is 5.92 Å². The second kappa shape index (κ2) is 5.59. The van der Waals surface area contributed by atoms with Crippen LogP contribution in [0.1, 0.15) is 46.4 Å². The zero-order chi connectivity index (χ0) is 14.0. The van der Waals surface area contributed by atoms with E-state index < -0.39 is 0 Å². The van der Waals surface area contributed by atoms with Crippen LogP contribution in [0.5, 0.6) is 0 Å². The van der Waals surface area contributed by atoms with Crippen LogP contribution in [0.15, 0.2) is 24.4 Å². The lowest BCUT2D eigenvalue weighted by Gasteiger charge is -2.48. The molecule has 1 N–H and O–H groups in total. The molecule has 19 heavy (non-hydrogen) atoms. The van der Waals surface area contributed by atoms with Crippen molar-refractivity contribution < 1.29 is 0 Å². The number of nitrogens with one attached hydrogen (secondary N) is 1. The molecule has 0 aliphatic carbocycles. The molecule has 2 unspecified atom stereocenters. The Morgan fingerprint density at radius 2 is 2.05 bits per heavy atom. The molecule has 1 aromatic rings. The van der Waals surface area contributed by atoms with E-state index in [1.165, 1.54) is 5.69 Å². The van der Waals surface area contributed by atoms with E-state index in [0.717, 1.165) is 13.1 Å². The SMILES string of the molecule is CC(C)C1CNC(C)(C)CN1C(C)c1ccccn1. The van der Waals surface area contributed by atoms with Gasteiger partial charge in [-0.1, -0.05) is 19.9 Å². The first kappa shape index (κ1) is 14.5. The van der Waals surface area contributed by atoms with E-state index in [1.807, 2.05) is 12.3 Å². The van der Waals surface area contributed by atoms with Crippen molar-refractivity contribution >= 4 is 0 Å². The fourth-order valence-corrected chi connectivity index (χ4v) is 2.96. The van der Waals surface area contributed by atoms with Crippen molar-refractivity contribution in [2.75, 3.05) is 13.1 Å². The van der Waals surface area contributed by atoms with Crippen LogP contribution in [0.3, 0.4) is 0 Å². The molecular weight excluding hydrogens is 234 g/mol. The molecular formula is C16H27N3. The Morgan fingerprint density at radius 1 is 1.32 bits per heavy atom. The Bertz CT molecular complexity index is 400. The number of rotatable bonds is 3. The molecule has 0 saturated carbocycles. The van der Waals surface area contributed by atoms with E-state index in [2.05, 4.69) is 62.0 Å². The van der Waals surface area contributed by atoms with Crippen LogP contribution < -0.4 is 5.32 Å². The average molecular weight is 261 g/mol. The molecule has 3 nitrogen and oxygen atoms in total. The van der Waals surface area contributed by atoms with Crippen LogP contribution >= 0.6 is 0 Å². The van der Waals surface area contributed by atoms with Crippen molar-refractivity contribution in [1.82, 2.24) is 15.2 Å². The lowest BCUT2D eigenvalue weighted by molar-refractivity contribution is 0.0357. The number of aromatic nitrogens is 1. The van der Waals surface area contributed by atoms with Gasteiger partial charge in [0.05, 0.1) is 5.69 Å². The maximum absolute atomic E-state index is 4.53. The van der Waals surface area contributed by atoms with Gasteiger partial charge in [-0.3, -0.25) is 9.88 Å². The smallest absolute Gasteiger partial charge is 0.0572 e. The molecule has 2 rings (SSSR count). The Labute approximate surface area is 117 Å². The summed E-state index contributed by atoms with van der Waals surface area (Å²) < 4.78 is 0. The third-order valence-electron chi connectivity index (χ3n) is 4.18. The van der Waals surface area contributed by atoms with Crippen LogP contribution in [0.25, 0.3) is 0 Å². The number of piperazine rings is 1. The van der Waals surface area contributed by atoms with Gasteiger partial charge in [-0.15, -0.1) is 0 Å². The Kier molecular flexibility index (Phi) is 4.26. The summed E-state index contributed by atoms with van der Waals surface area (Å²) in [5.41, 5.74) is 1.35. The zero-order valence-corrected chi connectivity index (χ0v) is 12.9. The third-order valence-corrected chi connectivity index (χ3v) is 4.18. The fourth-order valence-electron chi connectivity index (χ4n) is 2.96. The van der Waals surface area contributed by atoms with Gasteiger partial charge in [0, 0.05) is 36.9 Å². The molecule has 0 spiro atoms. The van der Waals surface area contributed by atoms with Crippen LogP contribution in [-0.2, 0) is 0 Å². The Morgan fingerprint density at radius 3 is 2.63 bits per heavy atom. The van der Waals surface area contributed by atoms with Gasteiger partial charge in [-0.05, 0) is 38.8 Å². The third kappa shape index (κ3) is 3.34. The standard InChI is InChI=1S/C16H27N3/c1-12(2)15-10-18-16(4,5)11-19(15)13(3)14-8-6-7-9-17-14/h6-9,12-13,15,18H,10-11H2,1-5H3. The van der Waals surface area contributed by atoms with Crippen molar-refractivity contribution in [3.8, 4) is 0 Å². The minimum Gasteiger partial charge on any atom is -0.309 e. The van der Waals surface area contributed by atoms with Gasteiger partial charge in [0.25, 0.3) is 0 Å². The maximum Gasteiger partial charge on any atom is 0.0572 e. The Hall–Kier alpha value is -0.930. The summed E-state index contributed by atoms with van der Waals surface area (Å²) in [4.78, 5) is 7.15. The van der Waals surface area contributed by atoms with Crippen molar-refractivity contribution in [1.29, 1.82) is 0 Å². The number of hydrogen-bond donors (Lipinski definition) is 1. The monoisotopic (exact) mass is 261 g/mol. The predicted octanol–water partition coefficient (Wildman–Crippen LogP) is 2.85. The van der Waals surface area contributed by atoms with Crippen molar-refractivity contribution in [3.63, 3.8) is 0 Å². The highest BCUT2D eigenvalue weighted by Crippen LogP contribution is 2.29. The summed E-state index contributed by atoms with van der Waals surface area (Å²) in [5, 5.41) is 3.66. The van der Waals surface area contributed by atoms with Crippen molar-refractivity contribution in [3.05, 3.63) is 30.1 Å². The van der Waals surface area contributed by atoms with Crippen molar-refractivity contribution in [2.45, 2.75) is 52.2 Å². The zero-order valence-electron chi connectivity index (χ0n) is 12.9. The quantitative estimate of drug-likeness (QED) is 0.907. The lowest BCUT2D eigenvalue weighted by Crippen LogP contribution is -2.63. The molecule has 1 fully saturated rings. The van der Waals surface area contributed by atoms with Gasteiger partial charge in [0.1, 0.15) is 0 Å². The minimum atomic E-state index is 0.175. The van der Waals surface area contributed by atoms with Crippen LogP contribution in [0.4, 0.5) is 0 Å². The highest BCUT2D eigenvalue weighted by molar-refractivity contribution is 5.10. The number of pyridine rings is 1. The normalized spacial score (nSPS) is 25.5. The van der Waals surface area contributed by atoms with Gasteiger partial charge in [-0.25, -0.2) is 0 Å². The van der Waals surface area contributed by atoms with E-state index in [0.29, 0.717) is 18.0 Å². The molecule has 106 valence electrons. The Balaban J connectivity index is 2.22. The van der Waals surface area contributed by atoms with Gasteiger partial charge in [0.2, 0.25) is 0 Å². The first-order valence-corrected chi connectivity index (χ1v) is 7.32. The first-order chi connectivity index (χ1) is 8.91. The van der Waals surface area contributed by atoms with Gasteiger partial charge < -0.3 is 5.32 Å². The fraction of sp³-hybridized carbons (Fsp3) is 0.688. The maximum atomic E-state index is 4.53. The lowest BCUT2D eigenvalue weighted by atomic mass is 9.91. The second-order valence-electron chi connectivity index (χ2n) is 6.68. The van der Waals surface area contributed by atoms with Crippen LogP contribution in [0, 0.1) is 5.92 Å². The molecule has 0 amide bonds. The summed E-state index contributed by atoms with van der Waals surface area (Å²) in [5.74, 6) is 0.648. The molecule has 1 aromatic heterocycles. The molecule has 2 atom stereocenters. The first-order valence-electron chi connectivity index (χ1n) is 7.32. The molecule has 0 radical (unpaired) electrons. The van der Waals surface area contributed by atoms with Crippen LogP contribution in [0.2, 0.25) is 0 Å². The summed E-state index contributed by atoms with van der Waals surface area (Å²) in [6.45, 7) is 13.6. The summed E-state index contributed by atoms with van der Waals surface area (Å²) >= 11 is 0. The van der Waals surface area contributed by atoms with Gasteiger partial charge in [0.15, 0.2) is 0 Å². The summed E-state index contributed by atoms with van der Waals surface area (Å²) in [6, 6.07) is 7.14. The number of hydrogen-bond acceptors (Lipinski definition) is 3. The minimum absolute atomic E-state index is 0.175. The van der Waals surface area contributed by atoms with Crippen LogP contribution in [-0.4, -0.2) is 34.6 Å². The van der Waals surface area contributed by atoms with E-state index in [1.54, 1.807) is 0 Å².